The zero-order valence-electron chi connectivity index (χ0n) is 11.8. The molecule has 1 heterocycles. The van der Waals surface area contributed by atoms with Crippen molar-refractivity contribution < 1.29 is 27.9 Å². The fourth-order valence-electron chi connectivity index (χ4n) is 2.10. The van der Waals surface area contributed by atoms with Gasteiger partial charge in [-0.3, -0.25) is 9.59 Å². The number of hydrogen-bond acceptors (Lipinski definition) is 4. The molecule has 0 spiro atoms. The molecule has 24 heavy (non-hydrogen) atoms. The van der Waals surface area contributed by atoms with E-state index in [9.17, 15) is 27.9 Å². The van der Waals surface area contributed by atoms with Crippen LogP contribution in [0.2, 0.25) is 5.02 Å². The smallest absolute Gasteiger partial charge is 0.417 e. The van der Waals surface area contributed by atoms with E-state index >= 15 is 0 Å². The van der Waals surface area contributed by atoms with Gasteiger partial charge < -0.3 is 10.8 Å². The number of nitrogens with zero attached hydrogens (tertiary/aromatic N) is 1. The second-order valence-electron chi connectivity index (χ2n) is 4.82. The molecule has 0 aliphatic carbocycles. The van der Waals surface area contributed by atoms with Gasteiger partial charge in [-0.25, -0.2) is 4.98 Å². The number of carbonyl (C=O) groups excluding carboxylic acids is 1. The largest absolute Gasteiger partial charge is 0.481 e. The first-order chi connectivity index (χ1) is 11.1. The van der Waals surface area contributed by atoms with Crippen LogP contribution in [0.25, 0.3) is 11.3 Å². The lowest BCUT2D eigenvalue weighted by Crippen LogP contribution is -2.20. The monoisotopic (exact) mass is 378 g/mol. The fourth-order valence-corrected chi connectivity index (χ4v) is 3.23. The van der Waals surface area contributed by atoms with Crippen LogP contribution in [-0.2, 0) is 15.8 Å². The van der Waals surface area contributed by atoms with Crippen molar-refractivity contribution in [3.63, 3.8) is 0 Å². The molecule has 3 N–H and O–H groups in total. The second-order valence-corrected chi connectivity index (χ2v) is 6.11. The molecular weight excluding hydrogens is 369 g/mol. The van der Waals surface area contributed by atoms with Crippen molar-refractivity contribution in [3.8, 4) is 11.3 Å². The number of aliphatic carboxylic acids is 1. The highest BCUT2D eigenvalue weighted by molar-refractivity contribution is 7.10. The van der Waals surface area contributed by atoms with Crippen LogP contribution in [0.5, 0.6) is 0 Å². The molecule has 0 radical (unpaired) electrons. The van der Waals surface area contributed by atoms with Crippen molar-refractivity contribution >= 4 is 34.8 Å². The zero-order valence-corrected chi connectivity index (χ0v) is 13.4. The first-order valence-corrected chi connectivity index (χ1v) is 7.68. The van der Waals surface area contributed by atoms with Crippen LogP contribution < -0.4 is 5.73 Å². The molecule has 0 saturated heterocycles. The Labute approximate surface area is 142 Å². The summed E-state index contributed by atoms with van der Waals surface area (Å²) in [6.45, 7) is 0. The summed E-state index contributed by atoms with van der Waals surface area (Å²) < 4.78 is 38.9. The van der Waals surface area contributed by atoms with Crippen molar-refractivity contribution in [2.45, 2.75) is 18.5 Å². The number of hydrogen-bond donors (Lipinski definition) is 2. The number of primary amides is 1. The highest BCUT2D eigenvalue weighted by Gasteiger charge is 2.34. The normalized spacial score (nSPS) is 12.8. The third-order valence-electron chi connectivity index (χ3n) is 3.16. The summed E-state index contributed by atoms with van der Waals surface area (Å²) >= 11 is 6.50. The Hall–Kier alpha value is -2.13. The van der Waals surface area contributed by atoms with Gasteiger partial charge >= 0.3 is 12.1 Å². The summed E-state index contributed by atoms with van der Waals surface area (Å²) in [6, 6.07) is 3.16. The van der Waals surface area contributed by atoms with Crippen LogP contribution in [0.4, 0.5) is 13.2 Å². The summed E-state index contributed by atoms with van der Waals surface area (Å²) in [6.07, 6.45) is -5.15. The van der Waals surface area contributed by atoms with Crippen LogP contribution >= 0.6 is 22.9 Å². The lowest BCUT2D eigenvalue weighted by Gasteiger charge is -2.13. The standard InChI is InChI=1S/C14H10ClF3N2O3S/c15-9-2-1-6(3-8(9)14(16,17)18)11-12(24-5-20-11)7(13(22)23)4-10(19)21/h1-3,5,7H,4H2,(H2,19,21)(H,22,23). The molecule has 10 heteroatoms. The lowest BCUT2D eigenvalue weighted by atomic mass is 9.98. The van der Waals surface area contributed by atoms with E-state index < -0.39 is 41.0 Å². The maximum Gasteiger partial charge on any atom is 0.417 e. The van der Waals surface area contributed by atoms with E-state index in [-0.39, 0.29) is 16.1 Å². The third-order valence-corrected chi connectivity index (χ3v) is 4.43. The minimum Gasteiger partial charge on any atom is -0.481 e. The number of nitrogens with two attached hydrogens (primary N) is 1. The summed E-state index contributed by atoms with van der Waals surface area (Å²) in [5, 5.41) is 8.79. The predicted octanol–water partition coefficient (Wildman–Crippen LogP) is 3.53. The van der Waals surface area contributed by atoms with Gasteiger partial charge in [0.05, 0.1) is 21.8 Å². The van der Waals surface area contributed by atoms with Crippen LogP contribution in [0.1, 0.15) is 22.8 Å². The minimum absolute atomic E-state index is 0.0517. The summed E-state index contributed by atoms with van der Waals surface area (Å²) in [5.74, 6) is -3.44. The van der Waals surface area contributed by atoms with E-state index in [0.29, 0.717) is 0 Å². The van der Waals surface area contributed by atoms with Crippen LogP contribution in [0.3, 0.4) is 0 Å². The molecule has 1 atom stereocenters. The van der Waals surface area contributed by atoms with Gasteiger partial charge in [-0.2, -0.15) is 13.2 Å². The Bertz CT molecular complexity index is 792. The third kappa shape index (κ3) is 3.85. The molecule has 128 valence electrons. The number of halogens is 4. The summed E-state index contributed by atoms with van der Waals surface area (Å²) in [5.41, 5.74) is 5.39. The molecule has 1 amide bonds. The molecule has 0 saturated carbocycles. The van der Waals surface area contributed by atoms with Gasteiger partial charge in [-0.15, -0.1) is 11.3 Å². The fraction of sp³-hybridized carbons (Fsp3) is 0.214. The lowest BCUT2D eigenvalue weighted by molar-refractivity contribution is -0.140. The molecule has 2 aromatic rings. The van der Waals surface area contributed by atoms with Crippen molar-refractivity contribution in [2.75, 3.05) is 0 Å². The minimum atomic E-state index is -4.66. The van der Waals surface area contributed by atoms with Crippen LogP contribution in [0, 0.1) is 0 Å². The maximum absolute atomic E-state index is 13.0. The number of thiazole rings is 1. The van der Waals surface area contributed by atoms with E-state index in [0.717, 1.165) is 23.5 Å². The Morgan fingerprint density at radius 3 is 2.58 bits per heavy atom. The van der Waals surface area contributed by atoms with Gasteiger partial charge in [0.15, 0.2) is 0 Å². The average molecular weight is 379 g/mol. The van der Waals surface area contributed by atoms with E-state index in [2.05, 4.69) is 4.98 Å². The van der Waals surface area contributed by atoms with Gasteiger partial charge in [0.2, 0.25) is 5.91 Å². The van der Waals surface area contributed by atoms with E-state index in [1.807, 2.05) is 0 Å². The summed E-state index contributed by atoms with van der Waals surface area (Å²) in [4.78, 5) is 26.5. The Kier molecular flexibility index (Phi) is 5.14. The van der Waals surface area contributed by atoms with Gasteiger partial charge in [0.25, 0.3) is 0 Å². The SMILES string of the molecule is NC(=O)CC(C(=O)O)c1scnc1-c1ccc(Cl)c(C(F)(F)F)c1. The second kappa shape index (κ2) is 6.78. The van der Waals surface area contributed by atoms with Crippen molar-refractivity contribution in [1.29, 1.82) is 0 Å². The first kappa shape index (κ1) is 18.2. The Morgan fingerprint density at radius 2 is 2.04 bits per heavy atom. The van der Waals surface area contributed by atoms with Crippen molar-refractivity contribution in [1.82, 2.24) is 4.98 Å². The molecular formula is C14H10ClF3N2O3S. The number of alkyl halides is 3. The topological polar surface area (TPSA) is 93.3 Å². The Morgan fingerprint density at radius 1 is 1.38 bits per heavy atom. The van der Waals surface area contributed by atoms with Gasteiger partial charge in [0, 0.05) is 16.9 Å². The predicted molar refractivity (Wildman–Crippen MR) is 81.8 cm³/mol. The number of benzene rings is 1. The highest BCUT2D eigenvalue weighted by atomic mass is 35.5. The molecule has 0 aliphatic rings. The quantitative estimate of drug-likeness (QED) is 0.832. The van der Waals surface area contributed by atoms with Gasteiger partial charge in [0.1, 0.15) is 5.92 Å². The average Bonchev–Trinajstić information content (AvgIpc) is 2.92. The number of carboxylic acids is 1. The number of carboxylic acid groups (broad SMARTS) is 1. The molecule has 5 nitrogen and oxygen atoms in total. The zero-order chi connectivity index (χ0) is 18.1. The highest BCUT2D eigenvalue weighted by Crippen LogP contribution is 2.39. The molecule has 0 fully saturated rings. The number of carbonyl (C=O) groups is 2. The molecule has 1 aromatic heterocycles. The molecule has 2 rings (SSSR count). The van der Waals surface area contributed by atoms with E-state index in [1.165, 1.54) is 11.6 Å². The summed E-state index contributed by atoms with van der Waals surface area (Å²) in [7, 11) is 0. The Balaban J connectivity index is 2.54. The molecule has 0 aliphatic heterocycles. The van der Waals surface area contributed by atoms with Crippen LogP contribution in [0.15, 0.2) is 23.7 Å². The maximum atomic E-state index is 13.0. The number of aromatic nitrogens is 1. The molecule has 0 bridgehead atoms. The molecule has 1 aromatic carbocycles. The van der Waals surface area contributed by atoms with Gasteiger partial charge in [-0.05, 0) is 12.1 Å². The van der Waals surface area contributed by atoms with Crippen molar-refractivity contribution in [3.05, 3.63) is 39.2 Å². The van der Waals surface area contributed by atoms with E-state index in [4.69, 9.17) is 17.3 Å². The van der Waals surface area contributed by atoms with Gasteiger partial charge in [-0.1, -0.05) is 17.7 Å². The number of amides is 1. The molecule has 1 unspecified atom stereocenters. The van der Waals surface area contributed by atoms with E-state index in [1.54, 1.807) is 0 Å². The number of rotatable bonds is 5. The van der Waals surface area contributed by atoms with Crippen LogP contribution in [-0.4, -0.2) is 22.0 Å². The first-order valence-electron chi connectivity index (χ1n) is 6.43. The van der Waals surface area contributed by atoms with Crippen molar-refractivity contribution in [2.24, 2.45) is 5.73 Å².